The van der Waals surface area contributed by atoms with E-state index in [2.05, 4.69) is 4.74 Å². The Morgan fingerprint density at radius 1 is 1.22 bits per heavy atom. The van der Waals surface area contributed by atoms with E-state index in [1.165, 1.54) is 25.6 Å². The van der Waals surface area contributed by atoms with Gasteiger partial charge >= 0.3 is 53.9 Å². The topological polar surface area (TPSA) is 29.1 Å². The summed E-state index contributed by atoms with van der Waals surface area (Å²) in [5.74, 6) is 0. The van der Waals surface area contributed by atoms with Gasteiger partial charge in [0.15, 0.2) is 0 Å². The van der Waals surface area contributed by atoms with Crippen molar-refractivity contribution in [3.63, 3.8) is 0 Å². The van der Waals surface area contributed by atoms with Crippen molar-refractivity contribution >= 4 is 0 Å². The first-order chi connectivity index (χ1) is 4.43. The van der Waals surface area contributed by atoms with E-state index in [0.29, 0.717) is 0 Å². The maximum absolute atomic E-state index is 9.73. The molecule has 0 spiro atoms. The fraction of sp³-hybridized carbons (Fsp3) is 0.857. The molecule has 0 aliphatic heterocycles. The van der Waals surface area contributed by atoms with Crippen LogP contribution in [0.25, 0.3) is 0 Å². The molecule has 0 radical (unpaired) electrons. The van der Waals surface area contributed by atoms with Gasteiger partial charge in [0.05, 0.1) is 0 Å². The van der Waals surface area contributed by atoms with Gasteiger partial charge in [0.25, 0.3) is 0 Å². The van der Waals surface area contributed by atoms with Crippen molar-refractivity contribution < 1.29 is 9.39 Å². The van der Waals surface area contributed by atoms with Gasteiger partial charge in [-0.2, -0.15) is 0 Å². The molecule has 0 amide bonds. The summed E-state index contributed by atoms with van der Waals surface area (Å²) in [6.45, 7) is 0. The predicted octanol–water partition coefficient (Wildman–Crippen LogP) is 1.68. The zero-order valence-electron chi connectivity index (χ0n) is 5.43. The molecule has 50 valence electrons. The predicted molar refractivity (Wildman–Crippen MR) is 32.5 cm³/mol. The molecule has 1 rings (SSSR count). The first kappa shape index (κ1) is 6.66. The zero-order chi connectivity index (χ0) is 6.53. The van der Waals surface area contributed by atoms with E-state index in [0.717, 1.165) is 12.8 Å². The minimum absolute atomic E-state index is 0.177. The van der Waals surface area contributed by atoms with Gasteiger partial charge in [-0.15, -0.1) is 0 Å². The summed E-state index contributed by atoms with van der Waals surface area (Å²) in [5, 5.41) is 0. The van der Waals surface area contributed by atoms with Crippen LogP contribution in [0.1, 0.15) is 32.1 Å². The third kappa shape index (κ3) is 2.08. The Labute approximate surface area is 54.9 Å². The molecular formula is C7H11O2+. The van der Waals surface area contributed by atoms with Gasteiger partial charge in [0.2, 0.25) is 0 Å². The van der Waals surface area contributed by atoms with Crippen molar-refractivity contribution in [1.29, 1.82) is 0 Å². The number of hydrogen-bond donors (Lipinski definition) is 0. The van der Waals surface area contributed by atoms with Crippen molar-refractivity contribution in [2.75, 3.05) is 0 Å². The molecule has 0 bridgehead atoms. The van der Waals surface area contributed by atoms with Gasteiger partial charge in [-0.05, 0) is 0 Å². The Hall–Kier alpha value is -0.460. The second-order valence-electron chi connectivity index (χ2n) is 2.46. The van der Waals surface area contributed by atoms with Crippen LogP contribution in [0.5, 0.6) is 0 Å². The fourth-order valence-electron chi connectivity index (χ4n) is 1.25. The van der Waals surface area contributed by atoms with Crippen molar-refractivity contribution in [1.82, 2.24) is 0 Å². The van der Waals surface area contributed by atoms with Gasteiger partial charge in [-0.1, -0.05) is 0 Å². The summed E-state index contributed by atoms with van der Waals surface area (Å²) >= 11 is 0. The molecule has 9 heavy (non-hydrogen) atoms. The molecule has 0 saturated heterocycles. The third-order valence-corrected chi connectivity index (χ3v) is 1.77. The van der Waals surface area contributed by atoms with E-state index >= 15 is 0 Å². The SMILES string of the molecule is [O+]#COC1CCCCC1. The molecule has 1 aliphatic rings. The van der Waals surface area contributed by atoms with Crippen LogP contribution < -0.4 is 0 Å². The Bertz CT molecular complexity index is 109. The molecule has 0 aromatic heterocycles. The third-order valence-electron chi connectivity index (χ3n) is 1.77. The Morgan fingerprint density at radius 2 is 1.89 bits per heavy atom. The first-order valence-electron chi connectivity index (χ1n) is 3.46. The molecule has 0 unspecified atom stereocenters. The second kappa shape index (κ2) is 3.54. The minimum atomic E-state index is 0.177. The summed E-state index contributed by atoms with van der Waals surface area (Å²) in [6.07, 6.45) is 7.43. The molecule has 0 aromatic rings. The summed E-state index contributed by atoms with van der Waals surface area (Å²) in [4.78, 5) is 0. The Morgan fingerprint density at radius 3 is 2.44 bits per heavy atom. The first-order valence-corrected chi connectivity index (χ1v) is 3.46. The van der Waals surface area contributed by atoms with Gasteiger partial charge in [-0.25, -0.2) is 0 Å². The van der Waals surface area contributed by atoms with Crippen molar-refractivity contribution in [3.8, 4) is 6.33 Å². The van der Waals surface area contributed by atoms with Crippen molar-refractivity contribution in [3.05, 3.63) is 0 Å². The average Bonchev–Trinajstić information content (AvgIpc) is 1.91. The summed E-state index contributed by atoms with van der Waals surface area (Å²) in [6, 6.07) is 0. The van der Waals surface area contributed by atoms with E-state index in [-0.39, 0.29) is 6.10 Å². The normalized spacial score (nSPS) is 20.8. The molecule has 1 fully saturated rings. The molecule has 2 heteroatoms. The van der Waals surface area contributed by atoms with E-state index in [4.69, 9.17) is 0 Å². The molecule has 1 saturated carbocycles. The average molecular weight is 127 g/mol. The van der Waals surface area contributed by atoms with Crippen LogP contribution in [0.15, 0.2) is 0 Å². The summed E-state index contributed by atoms with van der Waals surface area (Å²) in [5.41, 5.74) is 0. The van der Waals surface area contributed by atoms with E-state index in [1.807, 2.05) is 0 Å². The van der Waals surface area contributed by atoms with Gasteiger partial charge in [0, 0.05) is 0 Å². The van der Waals surface area contributed by atoms with E-state index < -0.39 is 0 Å². The molecule has 1 aliphatic carbocycles. The van der Waals surface area contributed by atoms with Crippen molar-refractivity contribution in [2.45, 2.75) is 38.2 Å². The zero-order valence-corrected chi connectivity index (χ0v) is 5.43. The molecule has 0 atom stereocenters. The maximum atomic E-state index is 9.73. The number of rotatable bonds is 1. The summed E-state index contributed by atoms with van der Waals surface area (Å²) in [7, 11) is 0. The van der Waals surface area contributed by atoms with Gasteiger partial charge in [0.1, 0.15) is 0 Å². The van der Waals surface area contributed by atoms with Crippen LogP contribution >= 0.6 is 0 Å². The standard InChI is InChI=1S/C7H11O2/c8-6-9-7-4-2-1-3-5-7/h7H,1-5H2/q+1. The quantitative estimate of drug-likeness (QED) is 0.493. The van der Waals surface area contributed by atoms with Gasteiger partial charge < -0.3 is 0 Å². The molecule has 0 aromatic carbocycles. The van der Waals surface area contributed by atoms with E-state index in [1.54, 1.807) is 0 Å². The van der Waals surface area contributed by atoms with Crippen LogP contribution in [0, 0.1) is 6.33 Å². The number of hydrogen-bond acceptors (Lipinski definition) is 1. The van der Waals surface area contributed by atoms with Crippen LogP contribution in [0.2, 0.25) is 0 Å². The molecule has 0 N–H and O–H groups in total. The number of ether oxygens (including phenoxy) is 1. The molecule has 0 heterocycles. The Kier molecular flexibility index (Phi) is 2.62. The monoisotopic (exact) mass is 127 g/mol. The van der Waals surface area contributed by atoms with Crippen LogP contribution in [-0.4, -0.2) is 6.10 Å². The van der Waals surface area contributed by atoms with Crippen LogP contribution in [-0.2, 0) is 9.39 Å². The second-order valence-corrected chi connectivity index (χ2v) is 2.46. The molecule has 2 nitrogen and oxygen atoms in total. The van der Waals surface area contributed by atoms with Gasteiger partial charge in [-0.3, -0.25) is 0 Å². The van der Waals surface area contributed by atoms with Crippen LogP contribution in [0.4, 0.5) is 0 Å². The van der Waals surface area contributed by atoms with E-state index in [9.17, 15) is 4.65 Å². The van der Waals surface area contributed by atoms with Crippen LogP contribution in [0.3, 0.4) is 0 Å². The summed E-state index contributed by atoms with van der Waals surface area (Å²) < 4.78 is 14.4. The van der Waals surface area contributed by atoms with Crippen molar-refractivity contribution in [2.24, 2.45) is 0 Å². The Balaban J connectivity index is 2.17. The molecular weight excluding hydrogens is 116 g/mol. The fourth-order valence-corrected chi connectivity index (χ4v) is 1.25.